The molecule has 0 bridgehead atoms. The predicted octanol–water partition coefficient (Wildman–Crippen LogP) is 3.53. The van der Waals surface area contributed by atoms with Gasteiger partial charge in [0.05, 0.1) is 6.04 Å². The maximum atomic E-state index is 13.4. The molecule has 1 heterocycles. The van der Waals surface area contributed by atoms with Crippen LogP contribution >= 0.6 is 11.6 Å². The number of carbonyl (C=O) groups excluding carboxylic acids is 1. The van der Waals surface area contributed by atoms with Gasteiger partial charge in [0.2, 0.25) is 0 Å². The van der Waals surface area contributed by atoms with Gasteiger partial charge < -0.3 is 5.32 Å². The Kier molecular flexibility index (Phi) is 7.02. The molecule has 2 aromatic carbocycles. The smallest absolute Gasteiger partial charge is 0.332 e. The third-order valence-electron chi connectivity index (χ3n) is 5.03. The molecule has 0 radical (unpaired) electrons. The fraction of sp³-hybridized carbons (Fsp3) is 0.381. The number of rotatable bonds is 6. The predicted molar refractivity (Wildman–Crippen MR) is 118 cm³/mol. The molecule has 2 unspecified atom stereocenters. The standard InChI is InChI=1S/C21H27ClN4O3S/c1-15(2)13-24-30(28,29)26-20(17-9-11-18(22)12-10-17)19(14-25(26)21(27)23-3)16-7-5-4-6-8-16/h4-12,15,19-20,24H,13-14H2,1-3H3,(H,23,27). The first-order valence-electron chi connectivity index (χ1n) is 9.83. The molecular weight excluding hydrogens is 424 g/mol. The second-order valence-corrected chi connectivity index (χ2v) is 9.72. The third kappa shape index (κ3) is 4.78. The lowest BCUT2D eigenvalue weighted by Crippen LogP contribution is -2.53. The zero-order valence-corrected chi connectivity index (χ0v) is 18.8. The van der Waals surface area contributed by atoms with Crippen LogP contribution in [0.3, 0.4) is 0 Å². The van der Waals surface area contributed by atoms with E-state index < -0.39 is 22.3 Å². The van der Waals surface area contributed by atoms with Crippen LogP contribution in [-0.4, -0.2) is 44.0 Å². The van der Waals surface area contributed by atoms with Crippen molar-refractivity contribution in [2.24, 2.45) is 5.92 Å². The maximum absolute atomic E-state index is 13.4. The lowest BCUT2D eigenvalue weighted by atomic mass is 9.89. The molecule has 1 saturated heterocycles. The molecule has 7 nitrogen and oxygen atoms in total. The van der Waals surface area contributed by atoms with Crippen LogP contribution in [0, 0.1) is 5.92 Å². The summed E-state index contributed by atoms with van der Waals surface area (Å²) in [4.78, 5) is 12.7. The van der Waals surface area contributed by atoms with Crippen LogP contribution in [0.5, 0.6) is 0 Å². The molecule has 1 aliphatic heterocycles. The van der Waals surface area contributed by atoms with Crippen LogP contribution in [0.4, 0.5) is 4.79 Å². The van der Waals surface area contributed by atoms with E-state index in [0.29, 0.717) is 5.02 Å². The second kappa shape index (κ2) is 9.34. The van der Waals surface area contributed by atoms with Gasteiger partial charge in [-0.15, -0.1) is 0 Å². The molecule has 162 valence electrons. The molecule has 0 spiro atoms. The Morgan fingerprint density at radius 1 is 1.10 bits per heavy atom. The number of benzene rings is 2. The van der Waals surface area contributed by atoms with E-state index in [1.807, 2.05) is 44.2 Å². The molecule has 30 heavy (non-hydrogen) atoms. The van der Waals surface area contributed by atoms with Gasteiger partial charge in [-0.05, 0) is 29.2 Å². The van der Waals surface area contributed by atoms with Crippen molar-refractivity contribution in [3.05, 3.63) is 70.7 Å². The van der Waals surface area contributed by atoms with Gasteiger partial charge >= 0.3 is 6.03 Å². The minimum Gasteiger partial charge on any atom is -0.340 e. The van der Waals surface area contributed by atoms with Crippen LogP contribution in [0.15, 0.2) is 54.6 Å². The van der Waals surface area contributed by atoms with Crippen LogP contribution in [0.1, 0.15) is 36.9 Å². The Bertz CT molecular complexity index is 968. The van der Waals surface area contributed by atoms with Crippen molar-refractivity contribution in [3.8, 4) is 0 Å². The number of hydrogen-bond donors (Lipinski definition) is 2. The topological polar surface area (TPSA) is 81.8 Å². The van der Waals surface area contributed by atoms with Crippen LogP contribution in [-0.2, 0) is 10.2 Å². The highest BCUT2D eigenvalue weighted by Gasteiger charge is 2.49. The van der Waals surface area contributed by atoms with Crippen molar-refractivity contribution in [3.63, 3.8) is 0 Å². The average molecular weight is 451 g/mol. The molecule has 3 rings (SSSR count). The van der Waals surface area contributed by atoms with Gasteiger partial charge in [-0.1, -0.05) is 72.3 Å². The van der Waals surface area contributed by atoms with E-state index >= 15 is 0 Å². The lowest BCUT2D eigenvalue weighted by Gasteiger charge is -2.32. The monoisotopic (exact) mass is 450 g/mol. The third-order valence-corrected chi connectivity index (χ3v) is 6.73. The summed E-state index contributed by atoms with van der Waals surface area (Å²) in [6, 6.07) is 15.6. The molecule has 0 aromatic heterocycles. The average Bonchev–Trinajstić information content (AvgIpc) is 3.14. The number of hydrazine groups is 1. The number of urea groups is 1. The fourth-order valence-electron chi connectivity index (χ4n) is 3.60. The minimum atomic E-state index is -3.99. The molecular formula is C21H27ClN4O3S. The fourth-order valence-corrected chi connectivity index (χ4v) is 5.37. The molecule has 0 saturated carbocycles. The number of halogens is 1. The molecule has 1 fully saturated rings. The van der Waals surface area contributed by atoms with Gasteiger partial charge in [-0.25, -0.2) is 14.5 Å². The first-order valence-corrected chi connectivity index (χ1v) is 11.6. The van der Waals surface area contributed by atoms with Gasteiger partial charge in [0.15, 0.2) is 0 Å². The van der Waals surface area contributed by atoms with E-state index in [1.165, 1.54) is 16.5 Å². The van der Waals surface area contributed by atoms with E-state index in [2.05, 4.69) is 10.0 Å². The molecule has 2 aromatic rings. The second-order valence-electron chi connectivity index (χ2n) is 7.67. The highest BCUT2D eigenvalue weighted by atomic mass is 35.5. The summed E-state index contributed by atoms with van der Waals surface area (Å²) in [5, 5.41) is 4.38. The van der Waals surface area contributed by atoms with Gasteiger partial charge in [-0.3, -0.25) is 0 Å². The molecule has 0 aliphatic carbocycles. The number of carbonyl (C=O) groups is 1. The van der Waals surface area contributed by atoms with Gasteiger partial charge in [0, 0.05) is 31.1 Å². The normalized spacial score (nSPS) is 20.0. The number of nitrogens with one attached hydrogen (secondary N) is 2. The van der Waals surface area contributed by atoms with Crippen molar-refractivity contribution in [1.29, 1.82) is 0 Å². The Morgan fingerprint density at radius 3 is 2.30 bits per heavy atom. The lowest BCUT2D eigenvalue weighted by molar-refractivity contribution is 0.113. The number of amides is 2. The van der Waals surface area contributed by atoms with Crippen molar-refractivity contribution in [2.45, 2.75) is 25.8 Å². The Balaban J connectivity index is 2.13. The van der Waals surface area contributed by atoms with Gasteiger partial charge in [0.25, 0.3) is 10.2 Å². The van der Waals surface area contributed by atoms with E-state index in [-0.39, 0.29) is 24.9 Å². The molecule has 2 amide bonds. The van der Waals surface area contributed by atoms with Crippen LogP contribution in [0.25, 0.3) is 0 Å². The van der Waals surface area contributed by atoms with Crippen LogP contribution in [0.2, 0.25) is 5.02 Å². The van der Waals surface area contributed by atoms with E-state index in [9.17, 15) is 13.2 Å². The van der Waals surface area contributed by atoms with Gasteiger partial charge in [0.1, 0.15) is 0 Å². The Labute approximate surface area is 183 Å². The van der Waals surface area contributed by atoms with E-state index in [1.54, 1.807) is 24.3 Å². The van der Waals surface area contributed by atoms with E-state index in [0.717, 1.165) is 11.1 Å². The Morgan fingerprint density at radius 2 is 1.73 bits per heavy atom. The molecule has 2 N–H and O–H groups in total. The van der Waals surface area contributed by atoms with E-state index in [4.69, 9.17) is 11.6 Å². The minimum absolute atomic E-state index is 0.120. The summed E-state index contributed by atoms with van der Waals surface area (Å²) in [5.41, 5.74) is 1.71. The quantitative estimate of drug-likeness (QED) is 0.706. The highest BCUT2D eigenvalue weighted by molar-refractivity contribution is 7.87. The van der Waals surface area contributed by atoms with Crippen molar-refractivity contribution in [2.75, 3.05) is 20.1 Å². The zero-order valence-electron chi connectivity index (χ0n) is 17.2. The van der Waals surface area contributed by atoms with Gasteiger partial charge in [-0.2, -0.15) is 8.42 Å². The number of nitrogens with zero attached hydrogens (tertiary/aromatic N) is 2. The molecule has 2 atom stereocenters. The SMILES string of the molecule is CNC(=O)N1CC(c2ccccc2)C(c2ccc(Cl)cc2)N1S(=O)(=O)NCC(C)C. The summed E-state index contributed by atoms with van der Waals surface area (Å²) in [7, 11) is -2.50. The summed E-state index contributed by atoms with van der Waals surface area (Å²) in [6.45, 7) is 4.34. The van der Waals surface area contributed by atoms with Crippen LogP contribution < -0.4 is 10.0 Å². The van der Waals surface area contributed by atoms with Crippen molar-refractivity contribution >= 4 is 27.8 Å². The molecule has 9 heteroatoms. The maximum Gasteiger partial charge on any atom is 0.332 e. The summed E-state index contributed by atoms with van der Waals surface area (Å²) in [6.07, 6.45) is 0. The molecule has 1 aliphatic rings. The first-order chi connectivity index (χ1) is 14.2. The van der Waals surface area contributed by atoms with Crippen molar-refractivity contribution in [1.82, 2.24) is 19.5 Å². The largest absolute Gasteiger partial charge is 0.340 e. The Hall–Kier alpha value is -2.13. The highest BCUT2D eigenvalue weighted by Crippen LogP contribution is 2.44. The first kappa shape index (κ1) is 22.6. The summed E-state index contributed by atoms with van der Waals surface area (Å²) in [5.74, 6) is -0.130. The summed E-state index contributed by atoms with van der Waals surface area (Å²) >= 11 is 6.07. The number of hydrogen-bond acceptors (Lipinski definition) is 3. The zero-order chi connectivity index (χ0) is 21.9. The van der Waals surface area contributed by atoms with Crippen molar-refractivity contribution < 1.29 is 13.2 Å². The summed E-state index contributed by atoms with van der Waals surface area (Å²) < 4.78 is 30.5.